The lowest BCUT2D eigenvalue weighted by atomic mass is 10.0. The monoisotopic (exact) mass is 340 g/mol. The standard InChI is InChI=1S/C17H24N2OS.ClH/c1-21-16-5-3-2-4-15(16)17(20)19-10-8-14(9-11-19)18-12-13-6-7-13;/h2-5,13-14,18H,6-12H2,1H3;1H. The molecule has 5 heteroatoms. The van der Waals surface area contributed by atoms with Crippen molar-refractivity contribution in [2.45, 2.75) is 36.6 Å². The van der Waals surface area contributed by atoms with E-state index in [9.17, 15) is 4.79 Å². The molecule has 2 aliphatic rings. The van der Waals surface area contributed by atoms with Crippen molar-refractivity contribution in [1.29, 1.82) is 0 Å². The second-order valence-corrected chi connectivity index (χ2v) is 6.97. The molecule has 1 saturated heterocycles. The van der Waals surface area contributed by atoms with Crippen molar-refractivity contribution in [3.63, 3.8) is 0 Å². The number of nitrogens with one attached hydrogen (secondary N) is 1. The van der Waals surface area contributed by atoms with Crippen LogP contribution in [0.3, 0.4) is 0 Å². The van der Waals surface area contributed by atoms with E-state index in [0.717, 1.165) is 42.3 Å². The van der Waals surface area contributed by atoms with Crippen molar-refractivity contribution in [2.75, 3.05) is 25.9 Å². The highest BCUT2D eigenvalue weighted by atomic mass is 35.5. The normalized spacial score (nSPS) is 18.9. The Balaban J connectivity index is 0.00000176. The Morgan fingerprint density at radius 2 is 1.91 bits per heavy atom. The molecule has 1 aromatic rings. The van der Waals surface area contributed by atoms with E-state index in [1.165, 1.54) is 19.4 Å². The lowest BCUT2D eigenvalue weighted by molar-refractivity contribution is 0.0701. The number of carbonyl (C=O) groups is 1. The first kappa shape index (κ1) is 17.6. The molecule has 1 saturated carbocycles. The zero-order chi connectivity index (χ0) is 14.7. The van der Waals surface area contributed by atoms with Gasteiger partial charge in [0.1, 0.15) is 0 Å². The molecule has 1 aliphatic carbocycles. The van der Waals surface area contributed by atoms with Crippen LogP contribution in [-0.4, -0.2) is 42.7 Å². The molecule has 1 aromatic carbocycles. The van der Waals surface area contributed by atoms with Gasteiger partial charge in [0.2, 0.25) is 0 Å². The average Bonchev–Trinajstić information content (AvgIpc) is 3.37. The molecule has 2 fully saturated rings. The molecule has 3 rings (SSSR count). The molecule has 0 aromatic heterocycles. The summed E-state index contributed by atoms with van der Waals surface area (Å²) in [5, 5.41) is 3.66. The van der Waals surface area contributed by atoms with Crippen LogP contribution in [0, 0.1) is 5.92 Å². The second kappa shape index (κ2) is 8.23. The smallest absolute Gasteiger partial charge is 0.254 e. The predicted octanol–water partition coefficient (Wildman–Crippen LogP) is 3.43. The van der Waals surface area contributed by atoms with Crippen molar-refractivity contribution in [3.8, 4) is 0 Å². The Morgan fingerprint density at radius 1 is 1.23 bits per heavy atom. The highest BCUT2D eigenvalue weighted by Crippen LogP contribution is 2.28. The Kier molecular flexibility index (Phi) is 6.60. The molecule has 22 heavy (non-hydrogen) atoms. The number of carbonyl (C=O) groups excluding carboxylic acids is 1. The highest BCUT2D eigenvalue weighted by molar-refractivity contribution is 7.98. The van der Waals surface area contributed by atoms with Gasteiger partial charge in [-0.05, 0) is 56.5 Å². The molecule has 122 valence electrons. The van der Waals surface area contributed by atoms with E-state index in [2.05, 4.69) is 5.32 Å². The van der Waals surface area contributed by atoms with Crippen LogP contribution in [0.25, 0.3) is 0 Å². The molecule has 1 amide bonds. The molecule has 0 radical (unpaired) electrons. The number of likely N-dealkylation sites (tertiary alicyclic amines) is 1. The van der Waals surface area contributed by atoms with Crippen LogP contribution in [0.5, 0.6) is 0 Å². The number of benzene rings is 1. The van der Waals surface area contributed by atoms with Gasteiger partial charge in [-0.1, -0.05) is 12.1 Å². The van der Waals surface area contributed by atoms with E-state index in [0.29, 0.717) is 6.04 Å². The van der Waals surface area contributed by atoms with Gasteiger partial charge in [-0.3, -0.25) is 4.79 Å². The van der Waals surface area contributed by atoms with Crippen molar-refractivity contribution < 1.29 is 4.79 Å². The quantitative estimate of drug-likeness (QED) is 0.833. The van der Waals surface area contributed by atoms with Gasteiger partial charge < -0.3 is 10.2 Å². The van der Waals surface area contributed by atoms with Crippen molar-refractivity contribution in [2.24, 2.45) is 5.92 Å². The first-order chi connectivity index (χ1) is 10.3. The maximum atomic E-state index is 12.7. The number of nitrogens with zero attached hydrogens (tertiary/aromatic N) is 1. The van der Waals surface area contributed by atoms with Gasteiger partial charge in [-0.25, -0.2) is 0 Å². The minimum absolute atomic E-state index is 0. The number of piperidine rings is 1. The van der Waals surface area contributed by atoms with E-state index < -0.39 is 0 Å². The topological polar surface area (TPSA) is 32.3 Å². The number of hydrogen-bond donors (Lipinski definition) is 1. The largest absolute Gasteiger partial charge is 0.338 e. The Bertz CT molecular complexity index is 499. The van der Waals surface area contributed by atoms with Crippen LogP contribution in [0.1, 0.15) is 36.0 Å². The van der Waals surface area contributed by atoms with Gasteiger partial charge in [0.15, 0.2) is 0 Å². The summed E-state index contributed by atoms with van der Waals surface area (Å²) >= 11 is 1.65. The molecule has 0 spiro atoms. The van der Waals surface area contributed by atoms with E-state index in [4.69, 9.17) is 0 Å². The van der Waals surface area contributed by atoms with Crippen LogP contribution in [0.15, 0.2) is 29.2 Å². The van der Waals surface area contributed by atoms with Gasteiger partial charge in [0, 0.05) is 24.0 Å². The molecule has 0 unspecified atom stereocenters. The minimum atomic E-state index is 0. The van der Waals surface area contributed by atoms with E-state index in [1.807, 2.05) is 35.4 Å². The summed E-state index contributed by atoms with van der Waals surface area (Å²) in [6.07, 6.45) is 6.99. The van der Waals surface area contributed by atoms with Gasteiger partial charge >= 0.3 is 0 Å². The average molecular weight is 341 g/mol. The summed E-state index contributed by atoms with van der Waals surface area (Å²) in [5.74, 6) is 1.12. The maximum Gasteiger partial charge on any atom is 0.254 e. The van der Waals surface area contributed by atoms with Gasteiger partial charge in [0.25, 0.3) is 5.91 Å². The van der Waals surface area contributed by atoms with Crippen molar-refractivity contribution in [3.05, 3.63) is 29.8 Å². The number of thioether (sulfide) groups is 1. The summed E-state index contributed by atoms with van der Waals surface area (Å²) in [6, 6.07) is 8.53. The first-order valence-electron chi connectivity index (χ1n) is 7.93. The minimum Gasteiger partial charge on any atom is -0.338 e. The highest BCUT2D eigenvalue weighted by Gasteiger charge is 2.26. The van der Waals surface area contributed by atoms with E-state index >= 15 is 0 Å². The lowest BCUT2D eigenvalue weighted by Crippen LogP contribution is -2.45. The van der Waals surface area contributed by atoms with Crippen LogP contribution in [0.2, 0.25) is 0 Å². The summed E-state index contributed by atoms with van der Waals surface area (Å²) in [5.41, 5.74) is 0.856. The lowest BCUT2D eigenvalue weighted by Gasteiger charge is -2.33. The summed E-state index contributed by atoms with van der Waals surface area (Å²) in [4.78, 5) is 15.8. The van der Waals surface area contributed by atoms with Crippen LogP contribution >= 0.6 is 24.2 Å². The third-order valence-electron chi connectivity index (χ3n) is 4.51. The van der Waals surface area contributed by atoms with Crippen LogP contribution < -0.4 is 5.32 Å². The predicted molar refractivity (Wildman–Crippen MR) is 95.1 cm³/mol. The molecule has 3 nitrogen and oxygen atoms in total. The van der Waals surface area contributed by atoms with Crippen LogP contribution in [0.4, 0.5) is 0 Å². The van der Waals surface area contributed by atoms with Crippen molar-refractivity contribution >= 4 is 30.1 Å². The third-order valence-corrected chi connectivity index (χ3v) is 5.31. The SMILES string of the molecule is CSc1ccccc1C(=O)N1CCC(NCC2CC2)CC1.Cl. The van der Waals surface area contributed by atoms with Crippen LogP contribution in [-0.2, 0) is 0 Å². The van der Waals surface area contributed by atoms with E-state index in [-0.39, 0.29) is 18.3 Å². The van der Waals surface area contributed by atoms with Gasteiger partial charge in [-0.2, -0.15) is 0 Å². The summed E-state index contributed by atoms with van der Waals surface area (Å²) in [7, 11) is 0. The second-order valence-electron chi connectivity index (χ2n) is 6.12. The first-order valence-corrected chi connectivity index (χ1v) is 9.16. The number of rotatable bonds is 5. The molecular formula is C17H25ClN2OS. The molecular weight excluding hydrogens is 316 g/mol. The fraction of sp³-hybridized carbons (Fsp3) is 0.588. The summed E-state index contributed by atoms with van der Waals surface area (Å²) in [6.45, 7) is 2.93. The number of hydrogen-bond acceptors (Lipinski definition) is 3. The Labute approximate surface area is 143 Å². The number of amides is 1. The number of halogens is 1. The third kappa shape index (κ3) is 4.40. The Morgan fingerprint density at radius 3 is 2.55 bits per heavy atom. The maximum absolute atomic E-state index is 12.7. The Hall–Kier alpha value is -0.710. The summed E-state index contributed by atoms with van der Waals surface area (Å²) < 4.78 is 0. The van der Waals surface area contributed by atoms with E-state index in [1.54, 1.807) is 11.8 Å². The fourth-order valence-corrected chi connectivity index (χ4v) is 3.52. The molecule has 0 atom stereocenters. The molecule has 1 N–H and O–H groups in total. The van der Waals surface area contributed by atoms with Crippen molar-refractivity contribution in [1.82, 2.24) is 10.2 Å². The molecule has 1 heterocycles. The fourth-order valence-electron chi connectivity index (χ4n) is 2.93. The zero-order valence-electron chi connectivity index (χ0n) is 13.1. The van der Waals surface area contributed by atoms with Gasteiger partial charge in [-0.15, -0.1) is 24.2 Å². The molecule has 1 aliphatic heterocycles. The zero-order valence-corrected chi connectivity index (χ0v) is 14.7. The van der Waals surface area contributed by atoms with Gasteiger partial charge in [0.05, 0.1) is 5.56 Å². The molecule has 0 bridgehead atoms.